The molecule has 1 aromatic heterocycles. The van der Waals surface area contributed by atoms with E-state index in [1.54, 1.807) is 4.68 Å². The molecule has 0 fully saturated rings. The first-order chi connectivity index (χ1) is 9.13. The second-order valence-electron chi connectivity index (χ2n) is 4.52. The van der Waals surface area contributed by atoms with Gasteiger partial charge in [-0.1, -0.05) is 37.3 Å². The summed E-state index contributed by atoms with van der Waals surface area (Å²) in [5, 5.41) is 13.6. The van der Waals surface area contributed by atoms with Gasteiger partial charge in [0.2, 0.25) is 0 Å². The number of aromatic carboxylic acids is 1. The Hall–Kier alpha value is -2.10. The van der Waals surface area contributed by atoms with Crippen molar-refractivity contribution in [2.45, 2.75) is 33.2 Å². The van der Waals surface area contributed by atoms with Crippen LogP contribution < -0.4 is 0 Å². The van der Waals surface area contributed by atoms with Gasteiger partial charge in [-0.2, -0.15) is 5.10 Å². The lowest BCUT2D eigenvalue weighted by Crippen LogP contribution is -2.06. The van der Waals surface area contributed by atoms with Gasteiger partial charge in [-0.3, -0.25) is 4.68 Å². The van der Waals surface area contributed by atoms with Crippen molar-refractivity contribution < 1.29 is 9.90 Å². The van der Waals surface area contributed by atoms with Crippen molar-refractivity contribution in [1.29, 1.82) is 0 Å². The smallest absolute Gasteiger partial charge is 0.339 e. The lowest BCUT2D eigenvalue weighted by atomic mass is 10.1. The summed E-state index contributed by atoms with van der Waals surface area (Å²) in [5.41, 5.74) is 2.99. The van der Waals surface area contributed by atoms with Crippen LogP contribution in [0.25, 0.3) is 0 Å². The van der Waals surface area contributed by atoms with Gasteiger partial charge in [0.05, 0.1) is 11.4 Å². The molecule has 100 valence electrons. The molecule has 4 nitrogen and oxygen atoms in total. The highest BCUT2D eigenvalue weighted by Gasteiger charge is 2.18. The largest absolute Gasteiger partial charge is 0.478 e. The average Bonchev–Trinajstić information content (AvgIpc) is 2.74. The van der Waals surface area contributed by atoms with Crippen molar-refractivity contribution in [1.82, 2.24) is 9.78 Å². The lowest BCUT2D eigenvalue weighted by Gasteiger charge is -2.04. The minimum Gasteiger partial charge on any atom is -0.478 e. The third-order valence-corrected chi connectivity index (χ3v) is 3.28. The quantitative estimate of drug-likeness (QED) is 0.897. The van der Waals surface area contributed by atoms with Crippen LogP contribution in [0.5, 0.6) is 0 Å². The third kappa shape index (κ3) is 2.84. The van der Waals surface area contributed by atoms with E-state index in [4.69, 9.17) is 0 Å². The summed E-state index contributed by atoms with van der Waals surface area (Å²) >= 11 is 0. The molecule has 0 amide bonds. The van der Waals surface area contributed by atoms with E-state index in [-0.39, 0.29) is 0 Å². The highest BCUT2D eigenvalue weighted by atomic mass is 16.4. The molecule has 1 N–H and O–H groups in total. The maximum Gasteiger partial charge on any atom is 0.339 e. The highest BCUT2D eigenvalue weighted by molar-refractivity contribution is 5.90. The van der Waals surface area contributed by atoms with Crippen molar-refractivity contribution in [2.24, 2.45) is 0 Å². The maximum absolute atomic E-state index is 11.2. The fourth-order valence-electron chi connectivity index (χ4n) is 2.23. The van der Waals surface area contributed by atoms with Crippen molar-refractivity contribution in [2.75, 3.05) is 0 Å². The Morgan fingerprint density at radius 1 is 1.32 bits per heavy atom. The van der Waals surface area contributed by atoms with Crippen LogP contribution in [0.2, 0.25) is 0 Å². The van der Waals surface area contributed by atoms with E-state index in [0.29, 0.717) is 24.2 Å². The number of hydrogen-bond donors (Lipinski definition) is 1. The number of rotatable bonds is 5. The topological polar surface area (TPSA) is 55.1 Å². The van der Waals surface area contributed by atoms with Gasteiger partial charge >= 0.3 is 5.97 Å². The predicted octanol–water partition coefficient (Wildman–Crippen LogP) is 2.69. The fraction of sp³-hybridized carbons (Fsp3) is 0.333. The minimum atomic E-state index is -0.889. The number of carboxylic acid groups (broad SMARTS) is 1. The number of nitrogens with zero attached hydrogens (tertiary/aromatic N) is 2. The van der Waals surface area contributed by atoms with Gasteiger partial charge in [0.1, 0.15) is 5.56 Å². The van der Waals surface area contributed by atoms with Crippen LogP contribution in [0.4, 0.5) is 0 Å². The number of hydrogen-bond acceptors (Lipinski definition) is 2. The molecule has 0 aliphatic carbocycles. The molecular weight excluding hydrogens is 240 g/mol. The zero-order valence-corrected chi connectivity index (χ0v) is 11.3. The van der Waals surface area contributed by atoms with Crippen LogP contribution in [0.15, 0.2) is 30.3 Å². The van der Waals surface area contributed by atoms with Crippen LogP contribution >= 0.6 is 0 Å². The van der Waals surface area contributed by atoms with Gasteiger partial charge in [-0.05, 0) is 25.3 Å². The number of benzene rings is 1. The SMILES string of the molecule is CCc1nn(CCc2ccccc2)c(C)c1C(=O)O. The molecular formula is C15H18N2O2. The average molecular weight is 258 g/mol. The van der Waals surface area contributed by atoms with Crippen LogP contribution in [0.1, 0.15) is 34.2 Å². The number of carbonyl (C=O) groups is 1. The predicted molar refractivity (Wildman–Crippen MR) is 73.4 cm³/mol. The van der Waals surface area contributed by atoms with Crippen LogP contribution in [-0.4, -0.2) is 20.9 Å². The molecule has 0 spiro atoms. The van der Waals surface area contributed by atoms with Gasteiger partial charge < -0.3 is 5.11 Å². The van der Waals surface area contributed by atoms with Crippen LogP contribution in [0, 0.1) is 6.92 Å². The molecule has 2 rings (SSSR count). The Balaban J connectivity index is 2.19. The first-order valence-electron chi connectivity index (χ1n) is 6.47. The summed E-state index contributed by atoms with van der Waals surface area (Å²) in [7, 11) is 0. The Morgan fingerprint density at radius 2 is 2.00 bits per heavy atom. The molecule has 0 saturated carbocycles. The highest BCUT2D eigenvalue weighted by Crippen LogP contribution is 2.15. The Kier molecular flexibility index (Phi) is 4.00. The van der Waals surface area contributed by atoms with E-state index in [9.17, 15) is 9.90 Å². The standard InChI is InChI=1S/C15H18N2O2/c1-3-13-14(15(18)19)11(2)17(16-13)10-9-12-7-5-4-6-8-12/h4-8H,3,9-10H2,1-2H3,(H,18,19). The van der Waals surface area contributed by atoms with Crippen molar-refractivity contribution in [3.63, 3.8) is 0 Å². The second-order valence-corrected chi connectivity index (χ2v) is 4.52. The van der Waals surface area contributed by atoms with E-state index in [1.807, 2.05) is 32.0 Å². The molecule has 0 saturated heterocycles. The van der Waals surface area contributed by atoms with Crippen LogP contribution in [0.3, 0.4) is 0 Å². The normalized spacial score (nSPS) is 10.6. The van der Waals surface area contributed by atoms with E-state index >= 15 is 0 Å². The first-order valence-corrected chi connectivity index (χ1v) is 6.47. The zero-order valence-electron chi connectivity index (χ0n) is 11.3. The van der Waals surface area contributed by atoms with Gasteiger partial charge in [0, 0.05) is 6.54 Å². The molecule has 0 radical (unpaired) electrons. The molecule has 1 aromatic carbocycles. The van der Waals surface area contributed by atoms with Gasteiger partial charge in [-0.15, -0.1) is 0 Å². The van der Waals surface area contributed by atoms with E-state index in [0.717, 1.165) is 12.1 Å². The van der Waals surface area contributed by atoms with E-state index in [2.05, 4.69) is 17.2 Å². The van der Waals surface area contributed by atoms with Gasteiger partial charge in [0.15, 0.2) is 0 Å². The third-order valence-electron chi connectivity index (χ3n) is 3.28. The number of aromatic nitrogens is 2. The second kappa shape index (κ2) is 5.69. The van der Waals surface area contributed by atoms with E-state index in [1.165, 1.54) is 5.56 Å². The number of aryl methyl sites for hydroxylation is 3. The molecule has 0 aliphatic heterocycles. The summed E-state index contributed by atoms with van der Waals surface area (Å²) in [6.45, 7) is 4.45. The summed E-state index contributed by atoms with van der Waals surface area (Å²) < 4.78 is 1.80. The summed E-state index contributed by atoms with van der Waals surface area (Å²) in [6.07, 6.45) is 1.49. The van der Waals surface area contributed by atoms with Crippen molar-refractivity contribution in [3.05, 3.63) is 52.8 Å². The monoisotopic (exact) mass is 258 g/mol. The molecule has 2 aromatic rings. The minimum absolute atomic E-state index is 0.357. The van der Waals surface area contributed by atoms with Crippen molar-refractivity contribution >= 4 is 5.97 Å². The summed E-state index contributed by atoms with van der Waals surface area (Å²) in [6, 6.07) is 10.1. The molecule has 0 bridgehead atoms. The van der Waals surface area contributed by atoms with E-state index < -0.39 is 5.97 Å². The molecule has 4 heteroatoms. The molecule has 0 unspecified atom stereocenters. The Labute approximate surface area is 112 Å². The Morgan fingerprint density at radius 3 is 2.53 bits per heavy atom. The Bertz CT molecular complexity index is 573. The maximum atomic E-state index is 11.2. The van der Waals surface area contributed by atoms with Crippen LogP contribution in [-0.2, 0) is 19.4 Å². The molecule has 1 heterocycles. The molecule has 0 aliphatic rings. The molecule has 0 atom stereocenters. The van der Waals surface area contributed by atoms with Crippen molar-refractivity contribution in [3.8, 4) is 0 Å². The summed E-state index contributed by atoms with van der Waals surface area (Å²) in [5.74, 6) is -0.889. The molecule has 19 heavy (non-hydrogen) atoms. The number of carboxylic acids is 1. The first kappa shape index (κ1) is 13.3. The zero-order chi connectivity index (χ0) is 13.8. The summed E-state index contributed by atoms with van der Waals surface area (Å²) in [4.78, 5) is 11.2. The van der Waals surface area contributed by atoms with Gasteiger partial charge in [-0.25, -0.2) is 4.79 Å². The fourth-order valence-corrected chi connectivity index (χ4v) is 2.23. The lowest BCUT2D eigenvalue weighted by molar-refractivity contribution is 0.0695. The van der Waals surface area contributed by atoms with Gasteiger partial charge in [0.25, 0.3) is 0 Å².